The standard InChI is InChI=1S/C52H46N2.Ir/c1-36-30-38(15-14-37-16-18-43(19-17-37)52-33-45-10-7-11-47(45)35-54-52)32-48(31-36)50-13-6-5-12-49(50)42-24-26-44(27-25-42)51-34-46(28-29-53-51)41-22-20-40(21-23-41)39-8-3-2-4-9-39;/h5-6,12-13,16-18,20-26,28-35,39H,2-4,7-11,14-15H2,1H3;/q-2;. The van der Waals surface area contributed by atoms with Crippen molar-refractivity contribution in [1.82, 2.24) is 9.97 Å². The van der Waals surface area contributed by atoms with E-state index in [1.54, 1.807) is 0 Å². The van der Waals surface area contributed by atoms with E-state index in [1.807, 2.05) is 6.20 Å². The summed E-state index contributed by atoms with van der Waals surface area (Å²) in [6.07, 6.45) is 16.3. The predicted octanol–water partition coefficient (Wildman–Crippen LogP) is 13.0. The smallest absolute Gasteiger partial charge is 0.0195 e. The fraction of sp³-hybridized carbons (Fsp3) is 0.231. The van der Waals surface area contributed by atoms with Crippen molar-refractivity contribution >= 4 is 0 Å². The maximum atomic E-state index is 4.75. The molecule has 2 aromatic heterocycles. The Labute approximate surface area is 340 Å². The van der Waals surface area contributed by atoms with E-state index in [0.29, 0.717) is 0 Å². The van der Waals surface area contributed by atoms with Gasteiger partial charge in [0.1, 0.15) is 0 Å². The van der Waals surface area contributed by atoms with Crippen molar-refractivity contribution in [3.05, 3.63) is 179 Å². The summed E-state index contributed by atoms with van der Waals surface area (Å²) in [5.74, 6) is 0.721. The van der Waals surface area contributed by atoms with Gasteiger partial charge >= 0.3 is 0 Å². The molecule has 0 aliphatic heterocycles. The van der Waals surface area contributed by atoms with Crippen LogP contribution >= 0.6 is 0 Å². The molecule has 0 atom stereocenters. The molecule has 0 spiro atoms. The molecule has 0 bridgehead atoms. The van der Waals surface area contributed by atoms with Crippen molar-refractivity contribution in [3.8, 4) is 55.9 Å². The minimum absolute atomic E-state index is 0. The first-order chi connectivity index (χ1) is 26.6. The molecule has 0 saturated heterocycles. The second-order valence-electron chi connectivity index (χ2n) is 15.4. The van der Waals surface area contributed by atoms with E-state index in [9.17, 15) is 0 Å². The van der Waals surface area contributed by atoms with Gasteiger partial charge in [-0.25, -0.2) is 0 Å². The third-order valence-electron chi connectivity index (χ3n) is 11.7. The van der Waals surface area contributed by atoms with E-state index < -0.39 is 0 Å². The third-order valence-corrected chi connectivity index (χ3v) is 11.7. The summed E-state index contributed by atoms with van der Waals surface area (Å²) in [6.45, 7) is 2.20. The van der Waals surface area contributed by atoms with Gasteiger partial charge in [-0.05, 0) is 108 Å². The summed E-state index contributed by atoms with van der Waals surface area (Å²) in [5, 5.41) is 0. The van der Waals surface area contributed by atoms with E-state index in [-0.39, 0.29) is 20.1 Å². The summed E-state index contributed by atoms with van der Waals surface area (Å²) in [6, 6.07) is 51.7. The Balaban J connectivity index is 0.00000427. The van der Waals surface area contributed by atoms with Gasteiger partial charge in [0.05, 0.1) is 0 Å². The van der Waals surface area contributed by atoms with Crippen LogP contribution in [0.4, 0.5) is 0 Å². The largest absolute Gasteiger partial charge is 0.305 e. The molecular formula is C52H46IrN2-2. The normalized spacial score (nSPS) is 14.0. The molecule has 9 rings (SSSR count). The molecule has 0 amide bonds. The van der Waals surface area contributed by atoms with Gasteiger partial charge < -0.3 is 9.97 Å². The van der Waals surface area contributed by atoms with E-state index >= 15 is 0 Å². The van der Waals surface area contributed by atoms with Gasteiger partial charge in [0.2, 0.25) is 0 Å². The number of pyridine rings is 2. The van der Waals surface area contributed by atoms with Crippen molar-refractivity contribution in [3.63, 3.8) is 0 Å². The van der Waals surface area contributed by atoms with Gasteiger partial charge in [0.15, 0.2) is 0 Å². The number of aromatic nitrogens is 2. The molecule has 1 saturated carbocycles. The first-order valence-corrected chi connectivity index (χ1v) is 19.9. The van der Waals surface area contributed by atoms with Gasteiger partial charge in [-0.15, -0.1) is 65.2 Å². The molecule has 2 aliphatic carbocycles. The number of benzene rings is 5. The van der Waals surface area contributed by atoms with Crippen LogP contribution in [0.2, 0.25) is 0 Å². The molecule has 5 aromatic carbocycles. The minimum atomic E-state index is 0. The first kappa shape index (κ1) is 37.0. The second kappa shape index (κ2) is 16.8. The predicted molar refractivity (Wildman–Crippen MR) is 223 cm³/mol. The van der Waals surface area contributed by atoms with Gasteiger partial charge in [-0.2, -0.15) is 0 Å². The maximum absolute atomic E-state index is 4.75. The van der Waals surface area contributed by atoms with Crippen molar-refractivity contribution in [2.45, 2.75) is 77.0 Å². The van der Waals surface area contributed by atoms with Crippen molar-refractivity contribution in [2.75, 3.05) is 0 Å². The zero-order valence-electron chi connectivity index (χ0n) is 31.6. The average molecular weight is 891 g/mol. The topological polar surface area (TPSA) is 25.8 Å². The number of aryl methyl sites for hydroxylation is 5. The van der Waals surface area contributed by atoms with Crippen molar-refractivity contribution in [1.29, 1.82) is 0 Å². The van der Waals surface area contributed by atoms with E-state index in [0.717, 1.165) is 53.3 Å². The van der Waals surface area contributed by atoms with Crippen LogP contribution in [0, 0.1) is 19.1 Å². The zero-order valence-corrected chi connectivity index (χ0v) is 34.0. The van der Waals surface area contributed by atoms with Crippen LogP contribution < -0.4 is 0 Å². The molecule has 2 nitrogen and oxygen atoms in total. The van der Waals surface area contributed by atoms with Crippen molar-refractivity contribution in [2.24, 2.45) is 0 Å². The quantitative estimate of drug-likeness (QED) is 0.135. The summed E-state index contributed by atoms with van der Waals surface area (Å²) >= 11 is 0. The van der Waals surface area contributed by atoms with Gasteiger partial charge in [0.25, 0.3) is 0 Å². The molecule has 0 N–H and O–H groups in total. The van der Waals surface area contributed by atoms with Gasteiger partial charge in [-0.1, -0.05) is 127 Å². The van der Waals surface area contributed by atoms with E-state index in [4.69, 9.17) is 9.97 Å². The van der Waals surface area contributed by atoms with E-state index in [1.165, 1.54) is 106 Å². The van der Waals surface area contributed by atoms with Crippen LogP contribution in [-0.2, 0) is 45.8 Å². The zero-order chi connectivity index (χ0) is 36.3. The Morgan fingerprint density at radius 2 is 1.27 bits per heavy atom. The Hall–Kier alpha value is -4.95. The Morgan fingerprint density at radius 3 is 2.04 bits per heavy atom. The fourth-order valence-corrected chi connectivity index (χ4v) is 8.70. The molecule has 275 valence electrons. The summed E-state index contributed by atoms with van der Waals surface area (Å²) in [5.41, 5.74) is 19.6. The van der Waals surface area contributed by atoms with Crippen LogP contribution in [0.15, 0.2) is 134 Å². The van der Waals surface area contributed by atoms with Gasteiger partial charge in [-0.3, -0.25) is 0 Å². The van der Waals surface area contributed by atoms with Crippen LogP contribution in [0.5, 0.6) is 0 Å². The minimum Gasteiger partial charge on any atom is -0.305 e. The van der Waals surface area contributed by atoms with E-state index in [2.05, 4.69) is 147 Å². The Morgan fingerprint density at radius 1 is 0.564 bits per heavy atom. The maximum Gasteiger partial charge on any atom is 0.0195 e. The number of rotatable bonds is 9. The summed E-state index contributed by atoms with van der Waals surface area (Å²) < 4.78 is 0. The number of fused-ring (bicyclic) bond motifs is 1. The van der Waals surface area contributed by atoms with Crippen LogP contribution in [-0.4, -0.2) is 9.97 Å². The summed E-state index contributed by atoms with van der Waals surface area (Å²) in [4.78, 5) is 9.48. The number of hydrogen-bond acceptors (Lipinski definition) is 2. The summed E-state index contributed by atoms with van der Waals surface area (Å²) in [7, 11) is 0. The van der Waals surface area contributed by atoms with Crippen molar-refractivity contribution < 1.29 is 20.1 Å². The molecule has 7 aromatic rings. The Bertz CT molecular complexity index is 2390. The first-order valence-electron chi connectivity index (χ1n) is 19.9. The number of hydrogen-bond donors (Lipinski definition) is 0. The average Bonchev–Trinajstić information content (AvgIpc) is 3.72. The fourth-order valence-electron chi connectivity index (χ4n) is 8.70. The molecule has 55 heavy (non-hydrogen) atoms. The molecule has 2 aliphatic rings. The molecule has 3 heteroatoms. The number of nitrogens with zero attached hydrogens (tertiary/aromatic N) is 2. The molecular weight excluding hydrogens is 845 g/mol. The van der Waals surface area contributed by atoms with Crippen LogP contribution in [0.1, 0.15) is 77.8 Å². The second-order valence-corrected chi connectivity index (χ2v) is 15.4. The van der Waals surface area contributed by atoms with Crippen LogP contribution in [0.25, 0.3) is 55.9 Å². The molecule has 2 heterocycles. The molecule has 1 radical (unpaired) electrons. The Kier molecular flexibility index (Phi) is 11.3. The SMILES string of the molecule is Cc1cc(CCc2c[c-]c(-c3cc4c(cn3)CCC4)cc2)cc(-c2ccccc2-c2c[c-]c(-c3cc(-c4ccc(C5CCCCC5)cc4)ccn3)cc2)c1.[Ir]. The molecule has 0 unspecified atom stereocenters. The van der Waals surface area contributed by atoms with Gasteiger partial charge in [0, 0.05) is 32.5 Å². The van der Waals surface area contributed by atoms with Crippen LogP contribution in [0.3, 0.4) is 0 Å². The third kappa shape index (κ3) is 8.35. The monoisotopic (exact) mass is 891 g/mol. The molecule has 1 fully saturated rings.